The van der Waals surface area contributed by atoms with Crippen LogP contribution in [0.25, 0.3) is 15.7 Å². The highest BCUT2D eigenvalue weighted by atomic mass is 32.1. The van der Waals surface area contributed by atoms with E-state index in [9.17, 15) is 9.59 Å². The molecule has 4 rings (SSSR count). The first kappa shape index (κ1) is 18.2. The van der Waals surface area contributed by atoms with Gasteiger partial charge in [-0.2, -0.15) is 5.10 Å². The molecule has 0 saturated carbocycles. The van der Waals surface area contributed by atoms with Crippen molar-refractivity contribution in [2.45, 2.75) is 26.4 Å². The lowest BCUT2D eigenvalue weighted by atomic mass is 10.2. The van der Waals surface area contributed by atoms with Gasteiger partial charge in [-0.1, -0.05) is 25.1 Å². The molecule has 0 aliphatic heterocycles. The largest absolute Gasteiger partial charge is 0.496 e. The van der Waals surface area contributed by atoms with E-state index in [0.29, 0.717) is 17.8 Å². The van der Waals surface area contributed by atoms with E-state index < -0.39 is 0 Å². The Balaban J connectivity index is 1.53. The fourth-order valence-corrected chi connectivity index (χ4v) is 4.20. The van der Waals surface area contributed by atoms with Crippen LogP contribution in [0.5, 0.6) is 5.75 Å². The number of nitrogens with zero attached hydrogens (tertiary/aromatic N) is 3. The van der Waals surface area contributed by atoms with Crippen LogP contribution in [0.4, 0.5) is 0 Å². The molecule has 3 heterocycles. The Morgan fingerprint density at radius 2 is 2.07 bits per heavy atom. The van der Waals surface area contributed by atoms with Crippen molar-refractivity contribution in [2.24, 2.45) is 0 Å². The third-order valence-corrected chi connectivity index (χ3v) is 5.86. The van der Waals surface area contributed by atoms with Crippen molar-refractivity contribution in [1.82, 2.24) is 19.5 Å². The summed E-state index contributed by atoms with van der Waals surface area (Å²) in [5, 5.41) is 6.99. The summed E-state index contributed by atoms with van der Waals surface area (Å²) < 4.78 is 9.31. The second-order valence-corrected chi connectivity index (χ2v) is 7.57. The number of fused-ring (bicyclic) bond motifs is 3. The van der Waals surface area contributed by atoms with Crippen molar-refractivity contribution in [2.75, 3.05) is 7.11 Å². The molecular formula is C20H20N4O3S. The maximum absolute atomic E-state index is 12.7. The number of hydrogen-bond acceptors (Lipinski definition) is 5. The van der Waals surface area contributed by atoms with E-state index in [4.69, 9.17) is 4.74 Å². The maximum Gasteiger partial charge on any atom is 0.291 e. The van der Waals surface area contributed by atoms with Crippen LogP contribution in [0.1, 0.15) is 17.4 Å². The van der Waals surface area contributed by atoms with E-state index in [1.807, 2.05) is 30.3 Å². The predicted molar refractivity (Wildman–Crippen MR) is 109 cm³/mol. The summed E-state index contributed by atoms with van der Waals surface area (Å²) >= 11 is 1.67. The number of carbonyl (C=O) groups is 1. The number of thiophene rings is 1. The molecule has 8 heteroatoms. The lowest BCUT2D eigenvalue weighted by molar-refractivity contribution is -0.122. The van der Waals surface area contributed by atoms with Gasteiger partial charge in [-0.25, -0.2) is 4.68 Å². The molecule has 0 spiro atoms. The van der Waals surface area contributed by atoms with E-state index in [1.165, 1.54) is 9.56 Å². The van der Waals surface area contributed by atoms with Crippen LogP contribution < -0.4 is 15.6 Å². The van der Waals surface area contributed by atoms with Crippen molar-refractivity contribution in [3.8, 4) is 5.75 Å². The normalized spacial score (nSPS) is 11.2. The molecule has 0 saturated heterocycles. The predicted octanol–water partition coefficient (Wildman–Crippen LogP) is 2.60. The first-order valence-electron chi connectivity index (χ1n) is 8.99. The summed E-state index contributed by atoms with van der Waals surface area (Å²) in [7, 11) is 1.59. The quantitative estimate of drug-likeness (QED) is 0.543. The molecule has 7 nitrogen and oxygen atoms in total. The number of para-hydroxylation sites is 1. The Kier molecular flexibility index (Phi) is 4.87. The van der Waals surface area contributed by atoms with Crippen molar-refractivity contribution >= 4 is 33.0 Å². The Bertz CT molecular complexity index is 1220. The van der Waals surface area contributed by atoms with Crippen LogP contribution in [0, 0.1) is 0 Å². The second-order valence-electron chi connectivity index (χ2n) is 6.40. The van der Waals surface area contributed by atoms with Gasteiger partial charge >= 0.3 is 0 Å². The zero-order valence-electron chi connectivity index (χ0n) is 15.6. The molecule has 0 aliphatic carbocycles. The maximum atomic E-state index is 12.7. The standard InChI is InChI=1S/C20H20N4O3S/c1-3-14-8-15-18(28-14)9-16-20(26)24(22-12-23(15)16)11-19(25)21-10-13-6-4-5-7-17(13)27-2/h4-9,12H,3,10-11H2,1-2H3,(H,21,25). The summed E-state index contributed by atoms with van der Waals surface area (Å²) in [5.74, 6) is 0.422. The lowest BCUT2D eigenvalue weighted by Gasteiger charge is -2.10. The number of hydrogen-bond donors (Lipinski definition) is 1. The Morgan fingerprint density at radius 3 is 2.86 bits per heavy atom. The minimum absolute atomic E-state index is 0.135. The molecule has 0 atom stereocenters. The van der Waals surface area contributed by atoms with Crippen LogP contribution in [-0.4, -0.2) is 27.2 Å². The van der Waals surface area contributed by atoms with Gasteiger partial charge in [0.05, 0.1) is 17.3 Å². The summed E-state index contributed by atoms with van der Waals surface area (Å²) in [6.45, 7) is 2.29. The van der Waals surface area contributed by atoms with Crippen LogP contribution in [0.2, 0.25) is 0 Å². The highest BCUT2D eigenvalue weighted by molar-refractivity contribution is 7.19. The van der Waals surface area contributed by atoms with Gasteiger partial charge in [0.2, 0.25) is 5.91 Å². The van der Waals surface area contributed by atoms with E-state index >= 15 is 0 Å². The summed E-state index contributed by atoms with van der Waals surface area (Å²) in [5.41, 5.74) is 2.09. The molecule has 1 N–H and O–H groups in total. The van der Waals surface area contributed by atoms with Gasteiger partial charge in [0, 0.05) is 17.0 Å². The molecule has 28 heavy (non-hydrogen) atoms. The molecule has 3 aromatic heterocycles. The van der Waals surface area contributed by atoms with Gasteiger partial charge in [-0.05, 0) is 24.6 Å². The van der Waals surface area contributed by atoms with Gasteiger partial charge in [0.15, 0.2) is 0 Å². The smallest absolute Gasteiger partial charge is 0.291 e. The number of amides is 1. The van der Waals surface area contributed by atoms with Gasteiger partial charge < -0.3 is 10.1 Å². The monoisotopic (exact) mass is 396 g/mol. The molecule has 0 aliphatic rings. The molecule has 0 fully saturated rings. The summed E-state index contributed by atoms with van der Waals surface area (Å²) in [6.07, 6.45) is 2.55. The van der Waals surface area contributed by atoms with Crippen molar-refractivity contribution in [3.63, 3.8) is 0 Å². The SMILES string of the molecule is CCc1cc2c(cc3c(=O)n(CC(=O)NCc4ccccc4OC)ncn32)s1. The molecule has 1 amide bonds. The highest BCUT2D eigenvalue weighted by Crippen LogP contribution is 2.28. The lowest BCUT2D eigenvalue weighted by Crippen LogP contribution is -2.34. The molecule has 4 aromatic rings. The average molecular weight is 396 g/mol. The van der Waals surface area contributed by atoms with Crippen molar-refractivity contribution in [3.05, 3.63) is 63.5 Å². The van der Waals surface area contributed by atoms with Crippen molar-refractivity contribution in [1.29, 1.82) is 0 Å². The first-order valence-corrected chi connectivity index (χ1v) is 9.80. The van der Waals surface area contributed by atoms with Gasteiger partial charge in [-0.3, -0.25) is 14.0 Å². The third-order valence-electron chi connectivity index (χ3n) is 4.65. The number of benzene rings is 1. The number of methoxy groups -OCH3 is 1. The van der Waals surface area contributed by atoms with Gasteiger partial charge in [0.1, 0.15) is 24.1 Å². The molecule has 144 valence electrons. The van der Waals surface area contributed by atoms with E-state index in [-0.39, 0.29) is 18.0 Å². The van der Waals surface area contributed by atoms with Crippen LogP contribution in [-0.2, 0) is 24.3 Å². The number of rotatable bonds is 6. The Hall–Kier alpha value is -3.13. The van der Waals surface area contributed by atoms with E-state index in [2.05, 4.69) is 23.4 Å². The number of nitrogens with one attached hydrogen (secondary N) is 1. The molecule has 0 unspecified atom stereocenters. The Morgan fingerprint density at radius 1 is 1.25 bits per heavy atom. The topological polar surface area (TPSA) is 77.6 Å². The molecule has 0 radical (unpaired) electrons. The number of ether oxygens (including phenoxy) is 1. The second kappa shape index (κ2) is 7.47. The van der Waals surface area contributed by atoms with Gasteiger partial charge in [0.25, 0.3) is 5.56 Å². The van der Waals surface area contributed by atoms with Crippen LogP contribution in [0.15, 0.2) is 47.5 Å². The zero-order chi connectivity index (χ0) is 19.7. The molecule has 0 bridgehead atoms. The van der Waals surface area contributed by atoms with Crippen LogP contribution in [0.3, 0.4) is 0 Å². The van der Waals surface area contributed by atoms with Gasteiger partial charge in [-0.15, -0.1) is 11.3 Å². The van der Waals surface area contributed by atoms with Crippen LogP contribution >= 0.6 is 11.3 Å². The minimum Gasteiger partial charge on any atom is -0.496 e. The number of aryl methyl sites for hydroxylation is 1. The average Bonchev–Trinajstić information content (AvgIpc) is 3.27. The zero-order valence-corrected chi connectivity index (χ0v) is 16.5. The number of aromatic nitrogens is 3. The fourth-order valence-electron chi connectivity index (χ4n) is 3.17. The summed E-state index contributed by atoms with van der Waals surface area (Å²) in [4.78, 5) is 26.3. The van der Waals surface area contributed by atoms with E-state index in [0.717, 1.165) is 22.2 Å². The van der Waals surface area contributed by atoms with E-state index in [1.54, 1.807) is 29.2 Å². The Labute approximate surface area is 165 Å². The van der Waals surface area contributed by atoms with Crippen molar-refractivity contribution < 1.29 is 9.53 Å². The molecular weight excluding hydrogens is 376 g/mol. The highest BCUT2D eigenvalue weighted by Gasteiger charge is 2.13. The number of carbonyl (C=O) groups excluding carboxylic acids is 1. The minimum atomic E-state index is -0.286. The first-order chi connectivity index (χ1) is 13.6. The fraction of sp³-hybridized carbons (Fsp3) is 0.250. The third kappa shape index (κ3) is 3.27. The molecule has 1 aromatic carbocycles. The summed E-state index contributed by atoms with van der Waals surface area (Å²) in [6, 6.07) is 11.4.